The Morgan fingerprint density at radius 2 is 1.26 bits per heavy atom. The number of nitrogens with zero attached hydrogens (tertiary/aromatic N) is 3. The highest BCUT2D eigenvalue weighted by molar-refractivity contribution is 6.15. The van der Waals surface area contributed by atoms with E-state index in [9.17, 15) is 0 Å². The van der Waals surface area contributed by atoms with Crippen LogP contribution in [0.4, 0.5) is 0 Å². The van der Waals surface area contributed by atoms with Crippen molar-refractivity contribution in [2.75, 3.05) is 0 Å². The van der Waals surface area contributed by atoms with Crippen molar-refractivity contribution in [2.45, 2.75) is 19.3 Å². The van der Waals surface area contributed by atoms with Crippen molar-refractivity contribution in [3.8, 4) is 39.5 Å². The summed E-state index contributed by atoms with van der Waals surface area (Å²) in [6, 6.07) is 49.2. The highest BCUT2D eigenvalue weighted by Gasteiger charge is 2.38. The summed E-state index contributed by atoms with van der Waals surface area (Å²) >= 11 is 0. The Labute approximate surface area is 271 Å². The van der Waals surface area contributed by atoms with Crippen molar-refractivity contribution in [3.05, 3.63) is 151 Å². The number of aromatic nitrogens is 3. The first kappa shape index (κ1) is 26.2. The number of para-hydroxylation sites is 3. The largest absolute Gasteiger partial charge is 0.438 e. The van der Waals surface area contributed by atoms with E-state index >= 15 is 0 Å². The summed E-state index contributed by atoms with van der Waals surface area (Å²) in [6.07, 6.45) is 0. The van der Waals surface area contributed by atoms with Gasteiger partial charge in [-0.1, -0.05) is 123 Å². The number of hydrogen-bond donors (Lipinski definition) is 0. The Kier molecular flexibility index (Phi) is 5.31. The molecule has 47 heavy (non-hydrogen) atoms. The molecule has 0 atom stereocenters. The Morgan fingerprint density at radius 1 is 0.553 bits per heavy atom. The monoisotopic (exact) mass is 603 g/mol. The van der Waals surface area contributed by atoms with Crippen molar-refractivity contribution in [1.82, 2.24) is 14.5 Å². The Balaban J connectivity index is 1.28. The quantitative estimate of drug-likeness (QED) is 0.202. The fraction of sp³-hybridized carbons (Fsp3) is 0.0698. The summed E-state index contributed by atoms with van der Waals surface area (Å²) in [6.45, 7) is 4.72. The van der Waals surface area contributed by atoms with E-state index in [0.717, 1.165) is 44.4 Å². The average molecular weight is 604 g/mol. The molecule has 4 heteroatoms. The van der Waals surface area contributed by atoms with Crippen molar-refractivity contribution < 1.29 is 4.42 Å². The van der Waals surface area contributed by atoms with Gasteiger partial charge in [0.2, 0.25) is 5.71 Å². The van der Waals surface area contributed by atoms with E-state index in [1.165, 1.54) is 38.5 Å². The van der Waals surface area contributed by atoms with Gasteiger partial charge in [-0.15, -0.1) is 0 Å². The predicted octanol–water partition coefficient (Wildman–Crippen LogP) is 11.1. The fourth-order valence-corrected chi connectivity index (χ4v) is 8.00. The van der Waals surface area contributed by atoms with Gasteiger partial charge in [-0.05, 0) is 52.6 Å². The highest BCUT2D eigenvalue weighted by atomic mass is 16.3. The zero-order chi connectivity index (χ0) is 31.3. The first-order valence-corrected chi connectivity index (χ1v) is 16.1. The van der Waals surface area contributed by atoms with Crippen LogP contribution in [0, 0.1) is 0 Å². The van der Waals surface area contributed by atoms with Crippen molar-refractivity contribution in [2.24, 2.45) is 0 Å². The normalized spacial score (nSPS) is 13.5. The lowest BCUT2D eigenvalue weighted by molar-refractivity contribution is 0.653. The first-order valence-electron chi connectivity index (χ1n) is 16.1. The summed E-state index contributed by atoms with van der Waals surface area (Å²) in [5.41, 5.74) is 12.9. The van der Waals surface area contributed by atoms with Gasteiger partial charge < -0.3 is 8.98 Å². The molecule has 0 unspecified atom stereocenters. The lowest BCUT2D eigenvalue weighted by Crippen LogP contribution is -2.15. The standard InChI is InChI=1S/C43H29N3O/c1-43(2)32-20-10-6-16-27(32)28-24-25-35-37(39(28)43)29-17-7-11-21-33(29)46(35)34-22-12-8-18-30(34)41-44-40(26-14-4-3-5-15-26)38-31-19-9-13-23-36(31)47-42(38)45-41/h3-25H,1-2H3. The molecule has 0 saturated carbocycles. The van der Waals surface area contributed by atoms with Crippen molar-refractivity contribution >= 4 is 43.9 Å². The number of rotatable bonds is 3. The zero-order valence-corrected chi connectivity index (χ0v) is 26.0. The highest BCUT2D eigenvalue weighted by Crippen LogP contribution is 2.53. The third-order valence-corrected chi connectivity index (χ3v) is 10.0. The Hall–Kier alpha value is -6.00. The molecule has 0 saturated heterocycles. The molecule has 0 bridgehead atoms. The van der Waals surface area contributed by atoms with Crippen LogP contribution in [-0.4, -0.2) is 14.5 Å². The second-order valence-electron chi connectivity index (χ2n) is 13.0. The van der Waals surface area contributed by atoms with Gasteiger partial charge in [0.15, 0.2) is 5.82 Å². The Bertz CT molecular complexity index is 2710. The first-order chi connectivity index (χ1) is 23.1. The Morgan fingerprint density at radius 3 is 2.13 bits per heavy atom. The molecule has 3 heterocycles. The van der Waals surface area contributed by atoms with Crippen molar-refractivity contribution in [1.29, 1.82) is 0 Å². The van der Waals surface area contributed by atoms with Gasteiger partial charge in [-0.3, -0.25) is 0 Å². The number of benzene rings is 6. The van der Waals surface area contributed by atoms with E-state index in [1.54, 1.807) is 0 Å². The molecule has 1 aliphatic carbocycles. The minimum atomic E-state index is -0.139. The molecule has 0 spiro atoms. The lowest BCUT2D eigenvalue weighted by Gasteiger charge is -2.22. The molecular weight excluding hydrogens is 574 g/mol. The lowest BCUT2D eigenvalue weighted by atomic mass is 9.80. The van der Waals surface area contributed by atoms with Gasteiger partial charge in [0.25, 0.3) is 0 Å². The molecular formula is C43H29N3O. The minimum absolute atomic E-state index is 0.139. The van der Waals surface area contributed by atoms with E-state index in [1.807, 2.05) is 24.3 Å². The topological polar surface area (TPSA) is 43.9 Å². The average Bonchev–Trinajstić information content (AvgIpc) is 3.74. The zero-order valence-electron chi connectivity index (χ0n) is 26.0. The molecule has 0 amide bonds. The molecule has 0 radical (unpaired) electrons. The minimum Gasteiger partial charge on any atom is -0.438 e. The van der Waals surface area contributed by atoms with Crippen LogP contribution in [-0.2, 0) is 5.41 Å². The van der Waals surface area contributed by atoms with Crippen LogP contribution in [0.1, 0.15) is 25.0 Å². The number of hydrogen-bond acceptors (Lipinski definition) is 3. The van der Waals surface area contributed by atoms with Crippen LogP contribution < -0.4 is 0 Å². The van der Waals surface area contributed by atoms with Gasteiger partial charge in [0.05, 0.1) is 27.8 Å². The molecule has 4 nitrogen and oxygen atoms in total. The summed E-state index contributed by atoms with van der Waals surface area (Å²) in [5, 5.41) is 4.49. The molecule has 1 aliphatic rings. The summed E-state index contributed by atoms with van der Waals surface area (Å²) in [4.78, 5) is 10.4. The number of fused-ring (bicyclic) bond motifs is 10. The molecule has 222 valence electrons. The molecule has 10 rings (SSSR count). The molecule has 6 aromatic carbocycles. The van der Waals surface area contributed by atoms with Gasteiger partial charge in [0.1, 0.15) is 5.58 Å². The van der Waals surface area contributed by atoms with E-state index in [2.05, 4.69) is 134 Å². The third kappa shape index (κ3) is 3.58. The number of furan rings is 1. The maximum Gasteiger partial charge on any atom is 0.231 e. The van der Waals surface area contributed by atoms with Gasteiger partial charge in [-0.2, -0.15) is 4.98 Å². The molecule has 0 fully saturated rings. The summed E-state index contributed by atoms with van der Waals surface area (Å²) < 4.78 is 8.79. The van der Waals surface area contributed by atoms with Crippen LogP contribution in [0.5, 0.6) is 0 Å². The maximum atomic E-state index is 6.39. The van der Waals surface area contributed by atoms with Gasteiger partial charge in [-0.25, -0.2) is 4.98 Å². The van der Waals surface area contributed by atoms with E-state index in [4.69, 9.17) is 14.4 Å². The maximum absolute atomic E-state index is 6.39. The van der Waals surface area contributed by atoms with Gasteiger partial charge >= 0.3 is 0 Å². The molecule has 9 aromatic rings. The van der Waals surface area contributed by atoms with E-state index in [-0.39, 0.29) is 5.41 Å². The van der Waals surface area contributed by atoms with E-state index < -0.39 is 0 Å². The molecule has 0 aliphatic heterocycles. The van der Waals surface area contributed by atoms with Crippen LogP contribution in [0.3, 0.4) is 0 Å². The summed E-state index contributed by atoms with van der Waals surface area (Å²) in [7, 11) is 0. The SMILES string of the molecule is CC1(C)c2ccccc2-c2ccc3c(c21)c1ccccc1n3-c1ccccc1-c1nc(-c2ccccc2)c2c(n1)oc1ccccc12. The third-order valence-electron chi connectivity index (χ3n) is 10.0. The molecule has 0 N–H and O–H groups in total. The van der Waals surface area contributed by atoms with Gasteiger partial charge in [0, 0.05) is 32.7 Å². The van der Waals surface area contributed by atoms with Crippen molar-refractivity contribution in [3.63, 3.8) is 0 Å². The van der Waals surface area contributed by atoms with Crippen LogP contribution in [0.2, 0.25) is 0 Å². The van der Waals surface area contributed by atoms with E-state index in [0.29, 0.717) is 11.5 Å². The van der Waals surface area contributed by atoms with Crippen LogP contribution >= 0.6 is 0 Å². The predicted molar refractivity (Wildman–Crippen MR) is 192 cm³/mol. The second-order valence-corrected chi connectivity index (χ2v) is 13.0. The van der Waals surface area contributed by atoms with Crippen LogP contribution in [0.15, 0.2) is 144 Å². The smallest absolute Gasteiger partial charge is 0.231 e. The molecule has 3 aromatic heterocycles. The van der Waals surface area contributed by atoms with Crippen LogP contribution in [0.25, 0.3) is 83.3 Å². The summed E-state index contributed by atoms with van der Waals surface area (Å²) in [5.74, 6) is 0.630. The second kappa shape index (κ2) is 9.51. The fourth-order valence-electron chi connectivity index (χ4n) is 8.00.